The lowest BCUT2D eigenvalue weighted by atomic mass is 9.75. The molecule has 1 N–H and O–H groups in total. The lowest BCUT2D eigenvalue weighted by Crippen LogP contribution is -2.31. The first-order chi connectivity index (χ1) is 6.86. The van der Waals surface area contributed by atoms with Gasteiger partial charge in [0.2, 0.25) is 0 Å². The van der Waals surface area contributed by atoms with Gasteiger partial charge in [0.25, 0.3) is 0 Å². The third-order valence-corrected chi connectivity index (χ3v) is 4.34. The molecular weight excluding hydrogens is 172 g/mol. The first-order valence-corrected chi connectivity index (χ1v) is 5.87. The predicted molar refractivity (Wildman–Crippen MR) is 56.7 cm³/mol. The number of allylic oxidation sites excluding steroid dienone is 3. The fourth-order valence-electron chi connectivity index (χ4n) is 3.74. The van der Waals surface area contributed by atoms with Crippen LogP contribution in [0.2, 0.25) is 0 Å². The van der Waals surface area contributed by atoms with E-state index in [-0.39, 0.29) is 6.10 Å². The highest BCUT2D eigenvalue weighted by atomic mass is 16.3. The summed E-state index contributed by atoms with van der Waals surface area (Å²) in [6, 6.07) is 0. The molecule has 0 aromatic heterocycles. The van der Waals surface area contributed by atoms with E-state index < -0.39 is 0 Å². The van der Waals surface area contributed by atoms with Gasteiger partial charge in [-0.05, 0) is 49.4 Å². The van der Waals surface area contributed by atoms with Gasteiger partial charge in [-0.25, -0.2) is 0 Å². The number of hydrogen-bond donors (Lipinski definition) is 1. The summed E-state index contributed by atoms with van der Waals surface area (Å²) < 4.78 is 0. The summed E-state index contributed by atoms with van der Waals surface area (Å²) in [6.07, 6.45) is 13.7. The minimum Gasteiger partial charge on any atom is -0.392 e. The monoisotopic (exact) mass is 190 g/mol. The van der Waals surface area contributed by atoms with Crippen molar-refractivity contribution in [2.45, 2.75) is 31.8 Å². The lowest BCUT2D eigenvalue weighted by molar-refractivity contribution is 0.0619. The van der Waals surface area contributed by atoms with Crippen molar-refractivity contribution in [2.75, 3.05) is 0 Å². The average molecular weight is 190 g/mol. The van der Waals surface area contributed by atoms with E-state index in [0.29, 0.717) is 11.8 Å². The summed E-state index contributed by atoms with van der Waals surface area (Å²) in [6.45, 7) is 0. The van der Waals surface area contributed by atoms with Crippen LogP contribution in [0.25, 0.3) is 0 Å². The van der Waals surface area contributed by atoms with E-state index in [9.17, 15) is 5.11 Å². The van der Waals surface area contributed by atoms with Gasteiger partial charge in [0.1, 0.15) is 0 Å². The largest absolute Gasteiger partial charge is 0.392 e. The maximum atomic E-state index is 10.1. The molecular formula is C13H18O. The maximum Gasteiger partial charge on any atom is 0.0611 e. The molecule has 3 aliphatic carbocycles. The van der Waals surface area contributed by atoms with Crippen LogP contribution in [0, 0.1) is 23.7 Å². The van der Waals surface area contributed by atoms with E-state index >= 15 is 0 Å². The van der Waals surface area contributed by atoms with Gasteiger partial charge in [-0.1, -0.05) is 24.3 Å². The van der Waals surface area contributed by atoms with Crippen molar-refractivity contribution in [3.63, 3.8) is 0 Å². The van der Waals surface area contributed by atoms with Gasteiger partial charge in [-0.15, -0.1) is 0 Å². The SMILES string of the molecule is O[C@H]1C/C=C\CC[C@@H]2[C@H]1[C@@H]1C=C[C@H]2C1. The van der Waals surface area contributed by atoms with E-state index in [0.717, 1.165) is 18.3 Å². The second-order valence-electron chi connectivity index (χ2n) is 5.04. The molecule has 14 heavy (non-hydrogen) atoms. The fourth-order valence-corrected chi connectivity index (χ4v) is 3.74. The summed E-state index contributed by atoms with van der Waals surface area (Å²) in [5.41, 5.74) is 0. The number of fused-ring (bicyclic) bond motifs is 5. The molecule has 0 aromatic rings. The summed E-state index contributed by atoms with van der Waals surface area (Å²) in [7, 11) is 0. The Morgan fingerprint density at radius 2 is 1.93 bits per heavy atom. The normalized spacial score (nSPS) is 52.5. The van der Waals surface area contributed by atoms with Crippen LogP contribution in [0.5, 0.6) is 0 Å². The van der Waals surface area contributed by atoms with Crippen molar-refractivity contribution >= 4 is 0 Å². The topological polar surface area (TPSA) is 20.2 Å². The summed E-state index contributed by atoms with van der Waals surface area (Å²) >= 11 is 0. The second-order valence-corrected chi connectivity index (χ2v) is 5.04. The van der Waals surface area contributed by atoms with E-state index in [2.05, 4.69) is 24.3 Å². The Bertz CT molecular complexity index is 279. The van der Waals surface area contributed by atoms with Gasteiger partial charge in [0, 0.05) is 0 Å². The molecule has 0 aliphatic heterocycles. The van der Waals surface area contributed by atoms with Gasteiger partial charge < -0.3 is 5.11 Å². The number of aliphatic hydroxyl groups is 1. The van der Waals surface area contributed by atoms with Crippen LogP contribution in [0.3, 0.4) is 0 Å². The van der Waals surface area contributed by atoms with Crippen LogP contribution in [0.4, 0.5) is 0 Å². The van der Waals surface area contributed by atoms with Crippen molar-refractivity contribution in [1.29, 1.82) is 0 Å². The second kappa shape index (κ2) is 3.23. The van der Waals surface area contributed by atoms with Gasteiger partial charge in [-0.3, -0.25) is 0 Å². The quantitative estimate of drug-likeness (QED) is 0.582. The molecule has 1 saturated carbocycles. The highest BCUT2D eigenvalue weighted by molar-refractivity contribution is 5.15. The Labute approximate surface area is 85.5 Å². The summed E-state index contributed by atoms with van der Waals surface area (Å²) in [5, 5.41) is 10.1. The van der Waals surface area contributed by atoms with Crippen LogP contribution >= 0.6 is 0 Å². The van der Waals surface area contributed by atoms with E-state index in [1.54, 1.807) is 0 Å². The third kappa shape index (κ3) is 1.18. The molecule has 3 rings (SSSR count). The summed E-state index contributed by atoms with van der Waals surface area (Å²) in [5.74, 6) is 2.80. The standard InChI is InChI=1S/C13H18O/c14-12-5-3-1-2-4-11-9-6-7-10(8-9)13(11)12/h1,3,6-7,9-14H,2,4-5,8H2/b3-1-/t9-,10+,11-,12-,13+/m0/s1. The Morgan fingerprint density at radius 1 is 1.07 bits per heavy atom. The molecule has 0 unspecified atom stereocenters. The minimum atomic E-state index is -0.0866. The van der Waals surface area contributed by atoms with Crippen LogP contribution in [-0.4, -0.2) is 11.2 Å². The van der Waals surface area contributed by atoms with Gasteiger partial charge in [-0.2, -0.15) is 0 Å². The van der Waals surface area contributed by atoms with E-state index in [4.69, 9.17) is 0 Å². The molecule has 0 amide bonds. The maximum absolute atomic E-state index is 10.1. The van der Waals surface area contributed by atoms with Crippen LogP contribution in [0.15, 0.2) is 24.3 Å². The molecule has 0 heterocycles. The molecule has 1 fully saturated rings. The molecule has 1 heteroatoms. The number of hydrogen-bond acceptors (Lipinski definition) is 1. The lowest BCUT2D eigenvalue weighted by Gasteiger charge is -2.32. The first kappa shape index (κ1) is 8.72. The fraction of sp³-hybridized carbons (Fsp3) is 0.692. The van der Waals surface area contributed by atoms with E-state index in [1.807, 2.05) is 0 Å². The smallest absolute Gasteiger partial charge is 0.0611 e. The van der Waals surface area contributed by atoms with Crippen molar-refractivity contribution in [3.05, 3.63) is 24.3 Å². The highest BCUT2D eigenvalue weighted by Crippen LogP contribution is 2.52. The molecule has 3 aliphatic rings. The molecule has 5 atom stereocenters. The van der Waals surface area contributed by atoms with Crippen molar-refractivity contribution in [1.82, 2.24) is 0 Å². The summed E-state index contributed by atoms with van der Waals surface area (Å²) in [4.78, 5) is 0. The van der Waals surface area contributed by atoms with E-state index in [1.165, 1.54) is 19.3 Å². The zero-order valence-corrected chi connectivity index (χ0v) is 8.47. The van der Waals surface area contributed by atoms with Crippen LogP contribution < -0.4 is 0 Å². The third-order valence-electron chi connectivity index (χ3n) is 4.34. The Balaban J connectivity index is 1.88. The van der Waals surface area contributed by atoms with Crippen molar-refractivity contribution in [3.8, 4) is 0 Å². The zero-order chi connectivity index (χ0) is 9.54. The Hall–Kier alpha value is -0.560. The minimum absolute atomic E-state index is 0.0866. The van der Waals surface area contributed by atoms with Crippen molar-refractivity contribution < 1.29 is 5.11 Å². The predicted octanol–water partition coefficient (Wildman–Crippen LogP) is 2.53. The first-order valence-electron chi connectivity index (χ1n) is 5.87. The molecule has 0 radical (unpaired) electrons. The van der Waals surface area contributed by atoms with Gasteiger partial charge >= 0.3 is 0 Å². The number of rotatable bonds is 0. The molecule has 76 valence electrons. The molecule has 0 spiro atoms. The molecule has 1 nitrogen and oxygen atoms in total. The molecule has 0 aromatic carbocycles. The van der Waals surface area contributed by atoms with Crippen LogP contribution in [0.1, 0.15) is 25.7 Å². The highest BCUT2D eigenvalue weighted by Gasteiger charge is 2.46. The Kier molecular flexibility index (Phi) is 2.01. The average Bonchev–Trinajstić information content (AvgIpc) is 2.72. The molecule has 2 bridgehead atoms. The van der Waals surface area contributed by atoms with Gasteiger partial charge in [0.15, 0.2) is 0 Å². The van der Waals surface area contributed by atoms with Crippen LogP contribution in [-0.2, 0) is 0 Å². The zero-order valence-electron chi connectivity index (χ0n) is 8.47. The van der Waals surface area contributed by atoms with Gasteiger partial charge in [0.05, 0.1) is 6.10 Å². The van der Waals surface area contributed by atoms with Crippen molar-refractivity contribution in [2.24, 2.45) is 23.7 Å². The Morgan fingerprint density at radius 3 is 2.86 bits per heavy atom. The number of aliphatic hydroxyl groups excluding tert-OH is 1. The molecule has 0 saturated heterocycles.